The summed E-state index contributed by atoms with van der Waals surface area (Å²) in [5.41, 5.74) is 2.74. The number of hydrogen-bond donors (Lipinski definition) is 1. The molecule has 1 heterocycles. The predicted molar refractivity (Wildman–Crippen MR) is 104 cm³/mol. The summed E-state index contributed by atoms with van der Waals surface area (Å²) < 4.78 is 28.2. The number of carbonyl (C=O) groups is 1. The Balaban J connectivity index is 2.16. The summed E-state index contributed by atoms with van der Waals surface area (Å²) in [6.07, 6.45) is 2.06. The molecule has 0 aromatic heterocycles. The van der Waals surface area contributed by atoms with Crippen molar-refractivity contribution in [2.45, 2.75) is 44.2 Å². The Labute approximate surface area is 160 Å². The molecule has 2 atom stereocenters. The van der Waals surface area contributed by atoms with Gasteiger partial charge in [-0.2, -0.15) is 4.31 Å². The van der Waals surface area contributed by atoms with Crippen LogP contribution in [0.5, 0.6) is 0 Å². The fraction of sp³-hybridized carbons (Fsp3) is 0.286. The summed E-state index contributed by atoms with van der Waals surface area (Å²) >= 11 is 0. The van der Waals surface area contributed by atoms with Gasteiger partial charge in [0.25, 0.3) is 0 Å². The molecule has 5 nitrogen and oxygen atoms in total. The van der Waals surface area contributed by atoms with E-state index in [0.717, 1.165) is 11.1 Å². The summed E-state index contributed by atoms with van der Waals surface area (Å²) in [7, 11) is -3.87. The van der Waals surface area contributed by atoms with Crippen LogP contribution in [0.4, 0.5) is 0 Å². The Bertz CT molecular complexity index is 976. The normalized spacial score (nSPS) is 20.5. The highest BCUT2D eigenvalue weighted by Gasteiger charge is 2.45. The van der Waals surface area contributed by atoms with Crippen molar-refractivity contribution in [1.29, 1.82) is 0 Å². The average Bonchev–Trinajstić information content (AvgIpc) is 3.03. The Kier molecular flexibility index (Phi) is 5.22. The second-order valence-electron chi connectivity index (χ2n) is 6.86. The minimum atomic E-state index is -3.87. The highest BCUT2D eigenvalue weighted by atomic mass is 32.2. The summed E-state index contributed by atoms with van der Waals surface area (Å²) in [5, 5.41) is 9.71. The first-order chi connectivity index (χ1) is 12.8. The third-order valence-corrected chi connectivity index (χ3v) is 6.81. The molecule has 1 aliphatic heterocycles. The Hall–Kier alpha value is -2.44. The zero-order valence-corrected chi connectivity index (χ0v) is 16.4. The molecule has 0 unspecified atom stereocenters. The van der Waals surface area contributed by atoms with Gasteiger partial charge < -0.3 is 5.11 Å². The average molecular weight is 385 g/mol. The topological polar surface area (TPSA) is 74.7 Å². The Morgan fingerprint density at radius 1 is 1.00 bits per heavy atom. The zero-order chi connectivity index (χ0) is 19.8. The first kappa shape index (κ1) is 19.3. The van der Waals surface area contributed by atoms with Crippen LogP contribution in [0.3, 0.4) is 0 Å². The van der Waals surface area contributed by atoms with Crippen LogP contribution in [0.25, 0.3) is 0 Å². The van der Waals surface area contributed by atoms with Crippen LogP contribution in [0.1, 0.15) is 36.1 Å². The second-order valence-corrected chi connectivity index (χ2v) is 8.71. The quantitative estimate of drug-likeness (QED) is 0.849. The molecular formula is C21H23NO4S. The van der Waals surface area contributed by atoms with Gasteiger partial charge >= 0.3 is 5.97 Å². The number of rotatable bonds is 5. The molecule has 0 aliphatic carbocycles. The van der Waals surface area contributed by atoms with E-state index in [9.17, 15) is 18.3 Å². The monoisotopic (exact) mass is 385 g/mol. The number of benzene rings is 2. The molecule has 0 bridgehead atoms. The molecule has 1 aliphatic rings. The number of aliphatic carboxylic acids is 1. The minimum absolute atomic E-state index is 0.0985. The smallest absolute Gasteiger partial charge is 0.333 e. The van der Waals surface area contributed by atoms with Gasteiger partial charge in [-0.15, -0.1) is 0 Å². The zero-order valence-electron chi connectivity index (χ0n) is 15.6. The van der Waals surface area contributed by atoms with Gasteiger partial charge in [0.05, 0.1) is 16.5 Å². The van der Waals surface area contributed by atoms with Crippen LogP contribution in [0.15, 0.2) is 65.1 Å². The van der Waals surface area contributed by atoms with E-state index in [-0.39, 0.29) is 10.5 Å². The molecule has 3 rings (SSSR count). The van der Waals surface area contributed by atoms with Crippen molar-refractivity contribution in [2.75, 3.05) is 0 Å². The predicted octanol–water partition coefficient (Wildman–Crippen LogP) is 3.84. The Morgan fingerprint density at radius 3 is 2.00 bits per heavy atom. The molecule has 0 saturated carbocycles. The lowest BCUT2D eigenvalue weighted by Crippen LogP contribution is -2.38. The fourth-order valence-electron chi connectivity index (χ4n) is 3.41. The Morgan fingerprint density at radius 2 is 1.52 bits per heavy atom. The highest BCUT2D eigenvalue weighted by molar-refractivity contribution is 7.89. The standard InChI is InChI=1S/C21H23NO4S/c1-4-17-13-19(21(23)24)20(16-9-5-14(2)6-10-16)22(17)27(25,26)18-11-7-15(3)8-12-18/h5-13,17,20H,4H2,1-3H3,(H,23,24)/t17-,20+/m1/s1. The van der Waals surface area contributed by atoms with Gasteiger partial charge in [-0.25, -0.2) is 13.2 Å². The third kappa shape index (κ3) is 3.55. The van der Waals surface area contributed by atoms with E-state index in [4.69, 9.17) is 0 Å². The number of carboxylic acids is 1. The number of carboxylic acid groups (broad SMARTS) is 1. The maximum absolute atomic E-state index is 13.4. The summed E-state index contributed by atoms with van der Waals surface area (Å²) in [6, 6.07) is 12.6. The van der Waals surface area contributed by atoms with Gasteiger partial charge in [0.1, 0.15) is 0 Å². The largest absolute Gasteiger partial charge is 0.478 e. The van der Waals surface area contributed by atoms with E-state index in [1.807, 2.05) is 32.9 Å². The van der Waals surface area contributed by atoms with Crippen LogP contribution in [-0.4, -0.2) is 29.8 Å². The maximum atomic E-state index is 13.4. The van der Waals surface area contributed by atoms with Gasteiger partial charge in [0, 0.05) is 6.04 Å². The van der Waals surface area contributed by atoms with E-state index in [0.29, 0.717) is 12.0 Å². The van der Waals surface area contributed by atoms with Gasteiger partial charge in [-0.3, -0.25) is 0 Å². The van der Waals surface area contributed by atoms with Gasteiger partial charge in [0.15, 0.2) is 0 Å². The van der Waals surface area contributed by atoms with E-state index in [1.165, 1.54) is 4.31 Å². The van der Waals surface area contributed by atoms with Crippen LogP contribution < -0.4 is 0 Å². The number of hydrogen-bond acceptors (Lipinski definition) is 3. The fourth-order valence-corrected chi connectivity index (χ4v) is 5.21. The first-order valence-corrected chi connectivity index (χ1v) is 10.3. The van der Waals surface area contributed by atoms with Crippen molar-refractivity contribution in [2.24, 2.45) is 0 Å². The molecule has 0 radical (unpaired) electrons. The van der Waals surface area contributed by atoms with Crippen molar-refractivity contribution in [3.8, 4) is 0 Å². The number of sulfonamides is 1. The molecule has 2 aromatic rings. The van der Waals surface area contributed by atoms with Crippen molar-refractivity contribution in [3.63, 3.8) is 0 Å². The van der Waals surface area contributed by atoms with Crippen molar-refractivity contribution < 1.29 is 18.3 Å². The summed E-state index contributed by atoms with van der Waals surface area (Å²) in [4.78, 5) is 12.0. The molecule has 1 N–H and O–H groups in total. The van der Waals surface area contributed by atoms with Gasteiger partial charge in [-0.1, -0.05) is 60.5 Å². The highest BCUT2D eigenvalue weighted by Crippen LogP contribution is 2.41. The van der Waals surface area contributed by atoms with E-state index >= 15 is 0 Å². The minimum Gasteiger partial charge on any atom is -0.478 e. The molecule has 6 heteroatoms. The van der Waals surface area contributed by atoms with E-state index in [2.05, 4.69) is 0 Å². The van der Waals surface area contributed by atoms with Crippen molar-refractivity contribution in [1.82, 2.24) is 4.31 Å². The maximum Gasteiger partial charge on any atom is 0.333 e. The van der Waals surface area contributed by atoms with E-state index < -0.39 is 28.1 Å². The molecule has 0 amide bonds. The van der Waals surface area contributed by atoms with Crippen LogP contribution in [-0.2, 0) is 14.8 Å². The summed E-state index contributed by atoms with van der Waals surface area (Å²) in [6.45, 7) is 5.68. The summed E-state index contributed by atoms with van der Waals surface area (Å²) in [5.74, 6) is -1.10. The molecule has 2 aromatic carbocycles. The second kappa shape index (κ2) is 7.29. The van der Waals surface area contributed by atoms with Gasteiger partial charge in [0.2, 0.25) is 10.0 Å². The van der Waals surface area contributed by atoms with Crippen LogP contribution in [0.2, 0.25) is 0 Å². The van der Waals surface area contributed by atoms with Crippen LogP contribution >= 0.6 is 0 Å². The van der Waals surface area contributed by atoms with E-state index in [1.54, 1.807) is 42.5 Å². The molecule has 27 heavy (non-hydrogen) atoms. The third-order valence-electron chi connectivity index (χ3n) is 4.90. The first-order valence-electron chi connectivity index (χ1n) is 8.87. The van der Waals surface area contributed by atoms with Crippen molar-refractivity contribution >= 4 is 16.0 Å². The molecule has 0 fully saturated rings. The lowest BCUT2D eigenvalue weighted by molar-refractivity contribution is -0.133. The van der Waals surface area contributed by atoms with Crippen LogP contribution in [0, 0.1) is 13.8 Å². The SMILES string of the molecule is CC[C@@H]1C=C(C(=O)O)[C@H](c2ccc(C)cc2)N1S(=O)(=O)c1ccc(C)cc1. The lowest BCUT2D eigenvalue weighted by Gasteiger charge is -2.30. The van der Waals surface area contributed by atoms with Crippen molar-refractivity contribution in [3.05, 3.63) is 76.9 Å². The molecular weight excluding hydrogens is 362 g/mol. The number of aryl methyl sites for hydroxylation is 2. The number of nitrogens with zero attached hydrogens (tertiary/aromatic N) is 1. The molecule has 142 valence electrons. The van der Waals surface area contributed by atoms with Gasteiger partial charge in [-0.05, 0) is 38.0 Å². The lowest BCUT2D eigenvalue weighted by atomic mass is 10.00. The molecule has 0 spiro atoms. The molecule has 0 saturated heterocycles.